The minimum atomic E-state index is 1.13. The molecule has 0 spiro atoms. The number of benzene rings is 7. The van der Waals surface area contributed by atoms with Gasteiger partial charge in [-0.15, -0.1) is 11.3 Å². The van der Waals surface area contributed by atoms with E-state index in [1.54, 1.807) is 0 Å². The fourth-order valence-corrected chi connectivity index (χ4v) is 7.80. The van der Waals surface area contributed by atoms with E-state index in [1.165, 1.54) is 64.7 Å². The maximum Gasteiger partial charge on any atom is 0.0462 e. The molecule has 0 bridgehead atoms. The molecule has 0 saturated heterocycles. The van der Waals surface area contributed by atoms with Crippen molar-refractivity contribution >= 4 is 48.6 Å². The average molecular weight is 608 g/mol. The van der Waals surface area contributed by atoms with Gasteiger partial charge in [0.2, 0.25) is 0 Å². The Balaban J connectivity index is 1.15. The van der Waals surface area contributed by atoms with Crippen LogP contribution in [-0.2, 0) is 0 Å². The van der Waals surface area contributed by atoms with Crippen LogP contribution in [0.5, 0.6) is 0 Å². The highest BCUT2D eigenvalue weighted by Crippen LogP contribution is 2.41. The Kier molecular flexibility index (Phi) is 7.21. The minimum Gasteiger partial charge on any atom is -0.311 e. The predicted molar refractivity (Wildman–Crippen MR) is 200 cm³/mol. The Bertz CT molecular complexity index is 2310. The lowest BCUT2D eigenvalue weighted by Gasteiger charge is -2.26. The molecule has 1 nitrogen and oxygen atoms in total. The third kappa shape index (κ3) is 5.07. The lowest BCUT2D eigenvalue weighted by atomic mass is 9.93. The molecule has 0 N–H and O–H groups in total. The van der Waals surface area contributed by atoms with Gasteiger partial charge in [-0.25, -0.2) is 0 Å². The summed E-state index contributed by atoms with van der Waals surface area (Å²) in [6.07, 6.45) is 0. The summed E-state index contributed by atoms with van der Waals surface area (Å²) in [5.41, 5.74) is 13.5. The summed E-state index contributed by atoms with van der Waals surface area (Å²) in [5.74, 6) is 0. The number of thiophene rings is 1. The van der Waals surface area contributed by atoms with Gasteiger partial charge >= 0.3 is 0 Å². The highest BCUT2D eigenvalue weighted by molar-refractivity contribution is 7.26. The van der Waals surface area contributed by atoms with Crippen LogP contribution < -0.4 is 4.90 Å². The van der Waals surface area contributed by atoms with Gasteiger partial charge < -0.3 is 4.90 Å². The van der Waals surface area contributed by atoms with Gasteiger partial charge in [-0.1, -0.05) is 115 Å². The summed E-state index contributed by atoms with van der Waals surface area (Å²) in [6.45, 7) is 4.38. The van der Waals surface area contributed by atoms with E-state index in [9.17, 15) is 0 Å². The van der Waals surface area contributed by atoms with Gasteiger partial charge in [0.1, 0.15) is 0 Å². The van der Waals surface area contributed by atoms with E-state index in [0.717, 1.165) is 17.1 Å². The molecule has 0 amide bonds. The number of anilines is 3. The van der Waals surface area contributed by atoms with E-state index in [1.807, 2.05) is 11.3 Å². The minimum absolute atomic E-state index is 1.13. The number of para-hydroxylation sites is 1. The quantitative estimate of drug-likeness (QED) is 0.182. The molecule has 0 aliphatic rings. The van der Waals surface area contributed by atoms with Crippen LogP contribution in [0.1, 0.15) is 11.1 Å². The molecule has 0 saturated carbocycles. The normalized spacial score (nSPS) is 11.3. The number of nitrogens with zero attached hydrogens (tertiary/aromatic N) is 1. The van der Waals surface area contributed by atoms with Crippen molar-refractivity contribution in [1.82, 2.24) is 0 Å². The first-order valence-electron chi connectivity index (χ1n) is 15.8. The molecular weight excluding hydrogens is 575 g/mol. The number of fused-ring (bicyclic) bond motifs is 3. The molecule has 1 heterocycles. The molecule has 1 aromatic heterocycles. The van der Waals surface area contributed by atoms with Crippen molar-refractivity contribution in [3.63, 3.8) is 0 Å². The molecule has 0 fully saturated rings. The van der Waals surface area contributed by atoms with Crippen LogP contribution in [0.2, 0.25) is 0 Å². The zero-order chi connectivity index (χ0) is 31.0. The van der Waals surface area contributed by atoms with E-state index < -0.39 is 0 Å². The van der Waals surface area contributed by atoms with Crippen LogP contribution in [0.25, 0.3) is 53.6 Å². The number of hydrogen-bond donors (Lipinski definition) is 0. The van der Waals surface area contributed by atoms with E-state index in [-0.39, 0.29) is 0 Å². The fourth-order valence-electron chi connectivity index (χ4n) is 6.56. The maximum absolute atomic E-state index is 2.33. The molecule has 2 heteroatoms. The second kappa shape index (κ2) is 11.8. The van der Waals surface area contributed by atoms with Gasteiger partial charge in [-0.2, -0.15) is 0 Å². The number of hydrogen-bond acceptors (Lipinski definition) is 2. The molecule has 0 radical (unpaired) electrons. The number of rotatable bonds is 6. The Hall–Kier alpha value is -5.44. The predicted octanol–water partition coefficient (Wildman–Crippen LogP) is 13.1. The van der Waals surface area contributed by atoms with Crippen molar-refractivity contribution in [2.75, 3.05) is 4.90 Å². The molecule has 8 rings (SSSR count). The van der Waals surface area contributed by atoms with Crippen LogP contribution >= 0.6 is 11.3 Å². The topological polar surface area (TPSA) is 3.24 Å². The third-order valence-corrected chi connectivity index (χ3v) is 10.2. The molecule has 0 unspecified atom stereocenters. The number of aryl methyl sites for hydroxylation is 2. The summed E-state index contributed by atoms with van der Waals surface area (Å²) in [7, 11) is 0. The van der Waals surface area contributed by atoms with E-state index in [0.29, 0.717) is 0 Å². The largest absolute Gasteiger partial charge is 0.311 e. The summed E-state index contributed by atoms with van der Waals surface area (Å²) in [5, 5.41) is 2.66. The van der Waals surface area contributed by atoms with Gasteiger partial charge in [-0.3, -0.25) is 0 Å². The SMILES string of the molecule is Cc1ccccc1-c1cc(-c2ccc(N(c3ccccc3)c3ccc(-c4cccc5c4sc4ccccc45)cc3)cc2)ccc1C. The second-order valence-corrected chi connectivity index (χ2v) is 12.9. The van der Waals surface area contributed by atoms with Gasteiger partial charge in [0.15, 0.2) is 0 Å². The van der Waals surface area contributed by atoms with Crippen LogP contribution in [-0.4, -0.2) is 0 Å². The fraction of sp³-hybridized carbons (Fsp3) is 0.0455. The Labute approximate surface area is 274 Å². The van der Waals surface area contributed by atoms with Gasteiger partial charge in [-0.05, 0) is 107 Å². The molecule has 220 valence electrons. The van der Waals surface area contributed by atoms with Crippen molar-refractivity contribution in [3.05, 3.63) is 175 Å². The smallest absolute Gasteiger partial charge is 0.0462 e. The van der Waals surface area contributed by atoms with Crippen molar-refractivity contribution in [2.45, 2.75) is 13.8 Å². The molecule has 0 aliphatic carbocycles. The van der Waals surface area contributed by atoms with Crippen LogP contribution in [0, 0.1) is 13.8 Å². The van der Waals surface area contributed by atoms with Crippen molar-refractivity contribution in [2.24, 2.45) is 0 Å². The first-order valence-corrected chi connectivity index (χ1v) is 16.6. The van der Waals surface area contributed by atoms with Crippen LogP contribution in [0.3, 0.4) is 0 Å². The second-order valence-electron chi connectivity index (χ2n) is 11.9. The molecule has 8 aromatic rings. The van der Waals surface area contributed by atoms with Crippen LogP contribution in [0.15, 0.2) is 164 Å². The third-order valence-electron chi connectivity index (χ3n) is 8.99. The molecular formula is C44H33NS. The van der Waals surface area contributed by atoms with Crippen molar-refractivity contribution < 1.29 is 0 Å². The Morgan fingerprint density at radius 1 is 0.391 bits per heavy atom. The van der Waals surface area contributed by atoms with Gasteiger partial charge in [0.05, 0.1) is 0 Å². The Morgan fingerprint density at radius 3 is 1.72 bits per heavy atom. The molecule has 0 atom stereocenters. The van der Waals surface area contributed by atoms with Crippen molar-refractivity contribution in [1.29, 1.82) is 0 Å². The molecule has 46 heavy (non-hydrogen) atoms. The summed E-state index contributed by atoms with van der Waals surface area (Å²) >= 11 is 1.88. The lowest BCUT2D eigenvalue weighted by molar-refractivity contribution is 1.28. The standard InChI is InChI=1S/C44H33NS/c1-30-11-6-7-14-38(30)42-29-34(20-19-31(42)2)32-21-25-36(26-22-32)45(35-12-4-3-5-13-35)37-27-23-33(24-28-37)39-16-10-17-41-40-15-8-9-18-43(40)46-44(39)41/h3-29H,1-2H3. The summed E-state index contributed by atoms with van der Waals surface area (Å²) < 4.78 is 2.67. The van der Waals surface area contributed by atoms with Crippen molar-refractivity contribution in [3.8, 4) is 33.4 Å². The Morgan fingerprint density at radius 2 is 0.957 bits per heavy atom. The van der Waals surface area contributed by atoms with E-state index in [2.05, 4.69) is 183 Å². The summed E-state index contributed by atoms with van der Waals surface area (Å²) in [6, 6.07) is 59.4. The first kappa shape index (κ1) is 28.1. The zero-order valence-corrected chi connectivity index (χ0v) is 26.8. The highest BCUT2D eigenvalue weighted by Gasteiger charge is 2.15. The first-order chi connectivity index (χ1) is 22.6. The maximum atomic E-state index is 2.33. The van der Waals surface area contributed by atoms with E-state index in [4.69, 9.17) is 0 Å². The van der Waals surface area contributed by atoms with E-state index >= 15 is 0 Å². The highest BCUT2D eigenvalue weighted by atomic mass is 32.1. The van der Waals surface area contributed by atoms with Gasteiger partial charge in [0, 0.05) is 37.2 Å². The van der Waals surface area contributed by atoms with Gasteiger partial charge in [0.25, 0.3) is 0 Å². The van der Waals surface area contributed by atoms with Crippen LogP contribution in [0.4, 0.5) is 17.1 Å². The molecule has 0 aliphatic heterocycles. The monoisotopic (exact) mass is 607 g/mol. The summed E-state index contributed by atoms with van der Waals surface area (Å²) in [4.78, 5) is 2.33. The molecule has 7 aromatic carbocycles. The average Bonchev–Trinajstić information content (AvgIpc) is 3.49. The zero-order valence-electron chi connectivity index (χ0n) is 25.9. The lowest BCUT2D eigenvalue weighted by Crippen LogP contribution is -2.09.